The molecular weight excluding hydrogens is 727 g/mol. The normalized spacial score (nSPS) is 11.5. The summed E-state index contributed by atoms with van der Waals surface area (Å²) in [6.07, 6.45) is 3.74. The van der Waals surface area contributed by atoms with Crippen molar-refractivity contribution in [3.63, 3.8) is 0 Å². The van der Waals surface area contributed by atoms with E-state index in [-0.39, 0.29) is 25.5 Å². The molecule has 3 aromatic carbocycles. The molecule has 4 aromatic heterocycles. The zero-order chi connectivity index (χ0) is 29.4. The number of furan rings is 1. The number of rotatable bonds is 3. The third kappa shape index (κ3) is 6.19. The van der Waals surface area contributed by atoms with E-state index in [2.05, 4.69) is 76.9 Å². The maximum absolute atomic E-state index is 6.38. The Morgan fingerprint density at radius 3 is 2.40 bits per heavy atom. The first-order valence-electron chi connectivity index (χ1n) is 14.2. The molecule has 4 nitrogen and oxygen atoms in total. The van der Waals surface area contributed by atoms with Crippen molar-refractivity contribution in [2.45, 2.75) is 52.9 Å². The van der Waals surface area contributed by atoms with Crippen molar-refractivity contribution in [2.24, 2.45) is 0 Å². The zero-order valence-corrected chi connectivity index (χ0v) is 28.4. The summed E-state index contributed by atoms with van der Waals surface area (Å²) >= 11 is 1.77. The average molecular weight is 760 g/mol. The Balaban J connectivity index is 0.000000238. The van der Waals surface area contributed by atoms with Crippen molar-refractivity contribution in [3.8, 4) is 22.5 Å². The van der Waals surface area contributed by atoms with Crippen LogP contribution in [0.15, 0.2) is 89.6 Å². The number of thiazole rings is 1. The van der Waals surface area contributed by atoms with Gasteiger partial charge in [-0.2, -0.15) is 0 Å². The van der Waals surface area contributed by atoms with Gasteiger partial charge in [-0.05, 0) is 53.6 Å². The summed E-state index contributed by atoms with van der Waals surface area (Å²) in [6.45, 7) is 13.2. The number of fused-ring (bicyclic) bond motifs is 5. The van der Waals surface area contributed by atoms with E-state index in [1.54, 1.807) is 17.5 Å². The van der Waals surface area contributed by atoms with Gasteiger partial charge < -0.3 is 14.4 Å². The molecule has 0 saturated carbocycles. The average Bonchev–Trinajstić information content (AvgIpc) is 3.60. The molecule has 0 atom stereocenters. The van der Waals surface area contributed by atoms with E-state index >= 15 is 0 Å². The van der Waals surface area contributed by atoms with Crippen LogP contribution in [-0.4, -0.2) is 15.0 Å². The fourth-order valence-corrected chi connectivity index (χ4v) is 6.27. The molecule has 0 saturated heterocycles. The number of hydrogen-bond donors (Lipinski definition) is 0. The van der Waals surface area contributed by atoms with Crippen molar-refractivity contribution < 1.29 is 24.5 Å². The van der Waals surface area contributed by atoms with Crippen LogP contribution >= 0.6 is 11.3 Å². The van der Waals surface area contributed by atoms with Crippen LogP contribution in [0.25, 0.3) is 54.7 Å². The molecule has 0 spiro atoms. The molecule has 0 bridgehead atoms. The molecule has 7 rings (SSSR count). The van der Waals surface area contributed by atoms with Gasteiger partial charge in [0.15, 0.2) is 0 Å². The summed E-state index contributed by atoms with van der Waals surface area (Å²) in [5.41, 5.74) is 9.14. The molecule has 0 aliphatic heterocycles. The van der Waals surface area contributed by atoms with Gasteiger partial charge in [0.1, 0.15) is 5.58 Å². The van der Waals surface area contributed by atoms with Gasteiger partial charge in [-0.25, -0.2) is 4.98 Å². The standard InChI is InChI=1S/C26H25N2OS.C11H8N.Ir/c1-14(2)18-12-20(27-13-15(18)3)16-8-7-9-17-22-21(29-23(16)17)11-10-19-24(22)30-25(28-19)26(4,5)6;1-2-6-10(7-3-1)11-8-4-5-9-12-11;/h7,9-14H,1-6H3;1-6,8-9H;/q2*-1;. The van der Waals surface area contributed by atoms with Gasteiger partial charge in [0.05, 0.1) is 20.8 Å². The van der Waals surface area contributed by atoms with E-state index in [1.807, 2.05) is 60.8 Å². The van der Waals surface area contributed by atoms with E-state index in [0.29, 0.717) is 5.92 Å². The van der Waals surface area contributed by atoms with Crippen molar-refractivity contribution in [1.82, 2.24) is 15.0 Å². The maximum atomic E-state index is 6.38. The van der Waals surface area contributed by atoms with Crippen LogP contribution in [0.3, 0.4) is 0 Å². The first-order chi connectivity index (χ1) is 20.2. The summed E-state index contributed by atoms with van der Waals surface area (Å²) < 4.78 is 7.57. The van der Waals surface area contributed by atoms with Gasteiger partial charge in [-0.1, -0.05) is 63.8 Å². The van der Waals surface area contributed by atoms with Crippen LogP contribution in [0.5, 0.6) is 0 Å². The van der Waals surface area contributed by atoms with Gasteiger partial charge in [0.2, 0.25) is 0 Å². The summed E-state index contributed by atoms with van der Waals surface area (Å²) in [5.74, 6) is 0.439. The molecule has 0 aliphatic rings. The molecule has 0 aliphatic carbocycles. The second-order valence-electron chi connectivity index (χ2n) is 11.8. The van der Waals surface area contributed by atoms with Crippen LogP contribution in [0.4, 0.5) is 0 Å². The van der Waals surface area contributed by atoms with Crippen LogP contribution < -0.4 is 0 Å². The molecule has 43 heavy (non-hydrogen) atoms. The molecule has 4 heterocycles. The van der Waals surface area contributed by atoms with E-state index in [4.69, 9.17) is 14.4 Å². The van der Waals surface area contributed by atoms with E-state index in [0.717, 1.165) is 55.0 Å². The minimum absolute atomic E-state index is 0. The van der Waals surface area contributed by atoms with Crippen molar-refractivity contribution in [1.29, 1.82) is 0 Å². The Morgan fingerprint density at radius 1 is 0.884 bits per heavy atom. The molecular formula is C37H33IrN3OS-2. The first kappa shape index (κ1) is 30.7. The van der Waals surface area contributed by atoms with Gasteiger partial charge in [0.25, 0.3) is 0 Å². The SMILES string of the molecule is Cc1cnc(-c2[c-]ccc3c2oc2ccc4nc(C(C)(C)C)sc4c23)cc1C(C)C.[Ir].[c-]1ccccc1-c1ccccn1. The van der Waals surface area contributed by atoms with Crippen molar-refractivity contribution >= 4 is 43.5 Å². The Hall–Kier alpha value is -3.70. The Morgan fingerprint density at radius 2 is 1.70 bits per heavy atom. The predicted octanol–water partition coefficient (Wildman–Crippen LogP) is 10.3. The third-order valence-corrected chi connectivity index (χ3v) is 8.78. The minimum Gasteiger partial charge on any atom is -0.501 e. The number of aryl methyl sites for hydroxylation is 1. The maximum Gasteiger partial charge on any atom is 0.122 e. The summed E-state index contributed by atoms with van der Waals surface area (Å²) in [6, 6.07) is 30.6. The second kappa shape index (κ2) is 12.5. The number of benzene rings is 3. The topological polar surface area (TPSA) is 51.8 Å². The van der Waals surface area contributed by atoms with E-state index in [1.165, 1.54) is 15.8 Å². The predicted molar refractivity (Wildman–Crippen MR) is 175 cm³/mol. The first-order valence-corrected chi connectivity index (χ1v) is 15.0. The molecule has 6 heteroatoms. The molecule has 219 valence electrons. The smallest absolute Gasteiger partial charge is 0.122 e. The van der Waals surface area contributed by atoms with Crippen LogP contribution in [0, 0.1) is 19.1 Å². The van der Waals surface area contributed by atoms with Crippen molar-refractivity contribution in [2.75, 3.05) is 0 Å². The zero-order valence-electron chi connectivity index (χ0n) is 25.2. The Labute approximate surface area is 270 Å². The molecule has 1 radical (unpaired) electrons. The van der Waals surface area contributed by atoms with Gasteiger partial charge in [0, 0.05) is 43.3 Å². The largest absolute Gasteiger partial charge is 0.501 e. The summed E-state index contributed by atoms with van der Waals surface area (Å²) in [5, 5.41) is 3.38. The fourth-order valence-electron chi connectivity index (χ4n) is 5.09. The summed E-state index contributed by atoms with van der Waals surface area (Å²) in [4.78, 5) is 13.8. The Bertz CT molecular complexity index is 1970. The van der Waals surface area contributed by atoms with Crippen LogP contribution in [-0.2, 0) is 25.5 Å². The number of pyridine rings is 2. The fraction of sp³-hybridized carbons (Fsp3) is 0.216. The van der Waals surface area contributed by atoms with E-state index in [9.17, 15) is 0 Å². The molecule has 0 fully saturated rings. The number of hydrogen-bond acceptors (Lipinski definition) is 5. The number of nitrogens with zero attached hydrogens (tertiary/aromatic N) is 3. The Kier molecular flexibility index (Phi) is 8.94. The monoisotopic (exact) mass is 760 g/mol. The number of aromatic nitrogens is 3. The van der Waals surface area contributed by atoms with E-state index < -0.39 is 0 Å². The van der Waals surface area contributed by atoms with Crippen LogP contribution in [0.2, 0.25) is 0 Å². The third-order valence-electron chi connectivity index (χ3n) is 7.26. The quantitative estimate of drug-likeness (QED) is 0.168. The molecule has 7 aromatic rings. The van der Waals surface area contributed by atoms with Gasteiger partial charge >= 0.3 is 0 Å². The summed E-state index contributed by atoms with van der Waals surface area (Å²) in [7, 11) is 0. The van der Waals surface area contributed by atoms with Crippen molar-refractivity contribution in [3.05, 3.63) is 113 Å². The second-order valence-corrected chi connectivity index (χ2v) is 12.8. The molecule has 0 unspecified atom stereocenters. The molecule has 0 amide bonds. The molecule has 0 N–H and O–H groups in total. The minimum atomic E-state index is 0. The van der Waals surface area contributed by atoms with Gasteiger partial charge in [-0.15, -0.1) is 65.4 Å². The van der Waals surface area contributed by atoms with Crippen LogP contribution in [0.1, 0.15) is 56.7 Å². The van der Waals surface area contributed by atoms with Gasteiger partial charge in [-0.3, -0.25) is 0 Å².